The molecule has 0 fully saturated rings. The van der Waals surface area contributed by atoms with Crippen LogP contribution in [0.1, 0.15) is 33.1 Å². The zero-order chi connectivity index (χ0) is 24.1. The largest absolute Gasteiger partial charge is 0.480 e. The summed E-state index contributed by atoms with van der Waals surface area (Å²) in [5, 5.41) is 25.5. The van der Waals surface area contributed by atoms with Gasteiger partial charge in [-0.2, -0.15) is 11.8 Å². The number of carbonyl (C=O) groups excluding carboxylic acids is 4. The molecular weight excluding hydrogens is 430 g/mol. The van der Waals surface area contributed by atoms with Gasteiger partial charge in [-0.05, 0) is 30.8 Å². The van der Waals surface area contributed by atoms with Gasteiger partial charge in [-0.3, -0.25) is 19.2 Å². The Labute approximate surface area is 185 Å². The van der Waals surface area contributed by atoms with E-state index in [-0.39, 0.29) is 12.3 Å². The Morgan fingerprint density at radius 1 is 0.935 bits per heavy atom. The summed E-state index contributed by atoms with van der Waals surface area (Å²) in [7, 11) is 0. The van der Waals surface area contributed by atoms with Crippen LogP contribution in [0.25, 0.3) is 0 Å². The predicted molar refractivity (Wildman–Crippen MR) is 115 cm³/mol. The van der Waals surface area contributed by atoms with E-state index in [2.05, 4.69) is 16.0 Å². The number of nitrogens with two attached hydrogens (primary N) is 2. The number of rotatable bonds is 15. The summed E-state index contributed by atoms with van der Waals surface area (Å²) in [5.41, 5.74) is 10.9. The van der Waals surface area contributed by atoms with E-state index in [9.17, 15) is 34.2 Å². The van der Waals surface area contributed by atoms with E-state index < -0.39 is 66.8 Å². The number of aliphatic carboxylic acids is 1. The number of aliphatic hydroxyl groups excluding tert-OH is 1. The Hall–Kier alpha value is -2.38. The van der Waals surface area contributed by atoms with E-state index in [0.717, 1.165) is 0 Å². The Bertz CT molecular complexity index is 647. The molecule has 31 heavy (non-hydrogen) atoms. The molecule has 0 saturated heterocycles. The smallest absolute Gasteiger partial charge is 0.326 e. The molecule has 0 rings (SSSR count). The maximum atomic E-state index is 12.5. The van der Waals surface area contributed by atoms with Crippen LogP contribution in [0.15, 0.2) is 0 Å². The lowest BCUT2D eigenvalue weighted by Gasteiger charge is -2.24. The third kappa shape index (κ3) is 11.5. The maximum Gasteiger partial charge on any atom is 0.326 e. The van der Waals surface area contributed by atoms with Gasteiger partial charge in [0.1, 0.15) is 18.1 Å². The van der Waals surface area contributed by atoms with Gasteiger partial charge in [0.2, 0.25) is 23.6 Å². The topological polar surface area (TPSA) is 214 Å². The number of aliphatic hydroxyl groups is 1. The second-order valence-electron chi connectivity index (χ2n) is 7.39. The first-order chi connectivity index (χ1) is 14.4. The van der Waals surface area contributed by atoms with E-state index in [4.69, 9.17) is 11.5 Å². The Kier molecular flexibility index (Phi) is 13.5. The third-order valence-electron chi connectivity index (χ3n) is 4.15. The highest BCUT2D eigenvalue weighted by atomic mass is 32.2. The van der Waals surface area contributed by atoms with Crippen molar-refractivity contribution in [3.63, 3.8) is 0 Å². The van der Waals surface area contributed by atoms with Crippen LogP contribution in [-0.4, -0.2) is 82.6 Å². The Morgan fingerprint density at radius 2 is 1.45 bits per heavy atom. The molecule has 12 nitrogen and oxygen atoms in total. The van der Waals surface area contributed by atoms with Crippen LogP contribution in [0.4, 0.5) is 0 Å². The molecule has 9 N–H and O–H groups in total. The highest BCUT2D eigenvalue weighted by Crippen LogP contribution is 2.06. The first-order valence-corrected chi connectivity index (χ1v) is 11.1. The van der Waals surface area contributed by atoms with Crippen molar-refractivity contribution in [2.24, 2.45) is 17.4 Å². The molecule has 0 aliphatic carbocycles. The molecule has 178 valence electrons. The van der Waals surface area contributed by atoms with Crippen molar-refractivity contribution in [1.29, 1.82) is 0 Å². The number of thioether (sulfide) groups is 1. The number of carboxylic acids is 1. The van der Waals surface area contributed by atoms with Gasteiger partial charge >= 0.3 is 5.97 Å². The molecule has 0 aliphatic rings. The molecule has 4 unspecified atom stereocenters. The van der Waals surface area contributed by atoms with Crippen molar-refractivity contribution in [2.45, 2.75) is 57.3 Å². The average Bonchev–Trinajstić information content (AvgIpc) is 2.67. The van der Waals surface area contributed by atoms with Crippen LogP contribution >= 0.6 is 11.8 Å². The van der Waals surface area contributed by atoms with Gasteiger partial charge in [0.25, 0.3) is 0 Å². The minimum atomic E-state index is -1.50. The fraction of sp³-hybridized carbons (Fsp3) is 0.722. The number of carbonyl (C=O) groups is 5. The molecule has 0 aliphatic heterocycles. The van der Waals surface area contributed by atoms with Gasteiger partial charge in [-0.25, -0.2) is 4.79 Å². The van der Waals surface area contributed by atoms with Crippen molar-refractivity contribution >= 4 is 41.4 Å². The number of amides is 4. The first-order valence-electron chi connectivity index (χ1n) is 9.70. The molecule has 0 saturated carbocycles. The summed E-state index contributed by atoms with van der Waals surface area (Å²) < 4.78 is 0. The van der Waals surface area contributed by atoms with Gasteiger partial charge < -0.3 is 37.6 Å². The summed E-state index contributed by atoms with van der Waals surface area (Å²) in [6.45, 7) is 2.71. The fourth-order valence-corrected chi connectivity index (χ4v) is 2.99. The van der Waals surface area contributed by atoms with Crippen LogP contribution < -0.4 is 27.4 Å². The minimum Gasteiger partial charge on any atom is -0.480 e. The van der Waals surface area contributed by atoms with Crippen LogP contribution in [0.5, 0.6) is 0 Å². The summed E-state index contributed by atoms with van der Waals surface area (Å²) in [5.74, 6) is -4.12. The van der Waals surface area contributed by atoms with E-state index >= 15 is 0 Å². The average molecular weight is 464 g/mol. The quantitative estimate of drug-likeness (QED) is 0.137. The fourth-order valence-electron chi connectivity index (χ4n) is 2.50. The van der Waals surface area contributed by atoms with E-state index in [1.165, 1.54) is 11.8 Å². The highest BCUT2D eigenvalue weighted by Gasteiger charge is 2.31. The van der Waals surface area contributed by atoms with Crippen molar-refractivity contribution in [3.05, 3.63) is 0 Å². The summed E-state index contributed by atoms with van der Waals surface area (Å²) in [6.07, 6.45) is 1.76. The van der Waals surface area contributed by atoms with Crippen LogP contribution in [0.3, 0.4) is 0 Å². The number of hydrogen-bond acceptors (Lipinski definition) is 8. The van der Waals surface area contributed by atoms with E-state index in [1.807, 2.05) is 6.26 Å². The summed E-state index contributed by atoms with van der Waals surface area (Å²) in [4.78, 5) is 59.7. The lowest BCUT2D eigenvalue weighted by molar-refractivity contribution is -0.143. The highest BCUT2D eigenvalue weighted by molar-refractivity contribution is 7.98. The van der Waals surface area contributed by atoms with Crippen molar-refractivity contribution < 1.29 is 34.2 Å². The second-order valence-corrected chi connectivity index (χ2v) is 8.38. The molecule has 4 amide bonds. The normalized spacial score (nSPS) is 14.8. The van der Waals surface area contributed by atoms with Crippen LogP contribution in [0.2, 0.25) is 0 Å². The van der Waals surface area contributed by atoms with Crippen molar-refractivity contribution in [2.75, 3.05) is 18.6 Å². The molecule has 0 heterocycles. The number of primary amides is 1. The first kappa shape index (κ1) is 28.6. The zero-order valence-electron chi connectivity index (χ0n) is 17.9. The Morgan fingerprint density at radius 3 is 1.90 bits per heavy atom. The SMILES string of the molecule is CSCCC(N)C(=O)NC(CC(N)=O)C(=O)NC(CO)C(=O)NC(CC(C)C)C(=O)O. The van der Waals surface area contributed by atoms with Gasteiger partial charge in [0.15, 0.2) is 0 Å². The monoisotopic (exact) mass is 463 g/mol. The number of nitrogens with one attached hydrogen (secondary N) is 3. The van der Waals surface area contributed by atoms with E-state index in [1.54, 1.807) is 13.8 Å². The molecule has 13 heteroatoms. The standard InChI is InChI=1S/C18H33N5O7S/c1-9(2)6-12(18(29)30)22-17(28)13(8-24)23-16(27)11(7-14(20)25)21-15(26)10(19)4-5-31-3/h9-13,24H,4-8,19H2,1-3H3,(H2,20,25)(H,21,26)(H,22,28)(H,23,27)(H,29,30). The van der Waals surface area contributed by atoms with Crippen molar-refractivity contribution in [1.82, 2.24) is 16.0 Å². The van der Waals surface area contributed by atoms with E-state index in [0.29, 0.717) is 12.2 Å². The molecule has 0 aromatic carbocycles. The van der Waals surface area contributed by atoms with Crippen LogP contribution in [0, 0.1) is 5.92 Å². The molecular formula is C18H33N5O7S. The number of carboxylic acid groups (broad SMARTS) is 1. The van der Waals surface area contributed by atoms with Crippen LogP contribution in [-0.2, 0) is 24.0 Å². The third-order valence-corrected chi connectivity index (χ3v) is 4.79. The van der Waals surface area contributed by atoms with Gasteiger partial charge in [0.05, 0.1) is 19.1 Å². The summed E-state index contributed by atoms with van der Waals surface area (Å²) in [6, 6.07) is -5.05. The lowest BCUT2D eigenvalue weighted by Crippen LogP contribution is -2.58. The molecule has 0 bridgehead atoms. The number of hydrogen-bond donors (Lipinski definition) is 7. The molecule has 4 atom stereocenters. The van der Waals surface area contributed by atoms with Crippen molar-refractivity contribution in [3.8, 4) is 0 Å². The lowest BCUT2D eigenvalue weighted by atomic mass is 10.0. The predicted octanol–water partition coefficient (Wildman–Crippen LogP) is -2.48. The van der Waals surface area contributed by atoms with Gasteiger partial charge in [0, 0.05) is 0 Å². The molecule has 0 spiro atoms. The van der Waals surface area contributed by atoms with Gasteiger partial charge in [-0.15, -0.1) is 0 Å². The maximum absolute atomic E-state index is 12.5. The van der Waals surface area contributed by atoms with Gasteiger partial charge in [-0.1, -0.05) is 13.8 Å². The minimum absolute atomic E-state index is 0.0333. The molecule has 0 radical (unpaired) electrons. The summed E-state index contributed by atoms with van der Waals surface area (Å²) >= 11 is 1.48. The second kappa shape index (κ2) is 14.6. The zero-order valence-corrected chi connectivity index (χ0v) is 18.7. The molecule has 0 aromatic rings. The Balaban J connectivity index is 5.21. The molecule has 0 aromatic heterocycles.